The van der Waals surface area contributed by atoms with Crippen LogP contribution in [0.3, 0.4) is 0 Å². The molecule has 0 saturated carbocycles. The molecular weight excluding hydrogens is 422 g/mol. The summed E-state index contributed by atoms with van der Waals surface area (Å²) in [7, 11) is 1.87. The molecule has 7 heteroatoms. The van der Waals surface area contributed by atoms with Gasteiger partial charge in [0.1, 0.15) is 0 Å². The highest BCUT2D eigenvalue weighted by Crippen LogP contribution is 2.34. The van der Waals surface area contributed by atoms with Crippen LogP contribution in [0, 0.1) is 26.2 Å². The Labute approximate surface area is 196 Å². The van der Waals surface area contributed by atoms with Gasteiger partial charge in [0.05, 0.1) is 30.1 Å². The number of aryl methyl sites for hydroxylation is 3. The number of nitrogens with zero attached hydrogens (tertiary/aromatic N) is 2. The minimum absolute atomic E-state index is 0.0145. The molecule has 0 spiro atoms. The van der Waals surface area contributed by atoms with E-state index in [-0.39, 0.29) is 19.0 Å². The molecular formula is C25H33N3O3S. The summed E-state index contributed by atoms with van der Waals surface area (Å²) in [6.07, 6.45) is 2.32. The van der Waals surface area contributed by atoms with Crippen LogP contribution in [0.1, 0.15) is 48.4 Å². The molecule has 0 fully saturated rings. The Morgan fingerprint density at radius 2 is 1.91 bits per heavy atom. The normalized spacial score (nSPS) is 11.7. The van der Waals surface area contributed by atoms with Gasteiger partial charge in [0.15, 0.2) is 0 Å². The van der Waals surface area contributed by atoms with Crippen LogP contribution < -0.4 is 9.80 Å². The van der Waals surface area contributed by atoms with Gasteiger partial charge in [-0.25, -0.2) is 0 Å². The van der Waals surface area contributed by atoms with Crippen molar-refractivity contribution in [2.24, 2.45) is 0 Å². The van der Waals surface area contributed by atoms with E-state index in [1.807, 2.05) is 70.0 Å². The number of carbonyl (C=O) groups is 2. The van der Waals surface area contributed by atoms with Gasteiger partial charge in [-0.15, -0.1) is 12.6 Å². The van der Waals surface area contributed by atoms with E-state index in [0.29, 0.717) is 16.3 Å². The molecule has 0 saturated heterocycles. The van der Waals surface area contributed by atoms with Gasteiger partial charge in [-0.1, -0.05) is 31.5 Å². The van der Waals surface area contributed by atoms with Crippen LogP contribution in [0.15, 0.2) is 35.2 Å². The van der Waals surface area contributed by atoms with E-state index in [0.717, 1.165) is 47.2 Å². The number of carbonyl (C=O) groups excluding carboxylic acids is 1. The van der Waals surface area contributed by atoms with Crippen LogP contribution in [-0.2, 0) is 9.59 Å². The van der Waals surface area contributed by atoms with E-state index in [4.69, 9.17) is 5.41 Å². The maximum Gasteiger partial charge on any atom is 0.305 e. The first-order valence-corrected chi connectivity index (χ1v) is 11.2. The molecule has 0 aromatic heterocycles. The number of carboxylic acids is 1. The lowest BCUT2D eigenvalue weighted by molar-refractivity contribution is -0.137. The molecule has 172 valence electrons. The second kappa shape index (κ2) is 11.2. The average Bonchev–Trinajstić information content (AvgIpc) is 2.70. The summed E-state index contributed by atoms with van der Waals surface area (Å²) in [4.78, 5) is 27.8. The van der Waals surface area contributed by atoms with Gasteiger partial charge in [-0.05, 0) is 56.0 Å². The second-order valence-corrected chi connectivity index (χ2v) is 8.76. The van der Waals surface area contributed by atoms with Crippen LogP contribution in [-0.4, -0.2) is 42.8 Å². The molecule has 6 nitrogen and oxygen atoms in total. The second-order valence-electron chi connectivity index (χ2n) is 8.28. The Bertz CT molecular complexity index is 983. The van der Waals surface area contributed by atoms with Gasteiger partial charge in [0, 0.05) is 23.5 Å². The first-order valence-electron chi connectivity index (χ1n) is 10.7. The van der Waals surface area contributed by atoms with E-state index in [1.54, 1.807) is 0 Å². The number of hydrogen-bond donors (Lipinski definition) is 3. The minimum Gasteiger partial charge on any atom is -0.481 e. The molecule has 0 heterocycles. The number of aliphatic carboxylic acids is 1. The molecule has 0 aliphatic carbocycles. The van der Waals surface area contributed by atoms with Crippen LogP contribution in [0.2, 0.25) is 0 Å². The maximum atomic E-state index is 12.2. The molecule has 1 unspecified atom stereocenters. The number of anilines is 2. The topological polar surface area (TPSA) is 84.7 Å². The van der Waals surface area contributed by atoms with Gasteiger partial charge in [0.2, 0.25) is 6.41 Å². The van der Waals surface area contributed by atoms with E-state index in [1.165, 1.54) is 4.90 Å². The number of thiol groups is 1. The predicted octanol–water partition coefficient (Wildman–Crippen LogP) is 5.01. The van der Waals surface area contributed by atoms with Crippen molar-refractivity contribution in [1.29, 1.82) is 5.41 Å². The lowest BCUT2D eigenvalue weighted by Crippen LogP contribution is -2.37. The van der Waals surface area contributed by atoms with Gasteiger partial charge in [-0.3, -0.25) is 9.59 Å². The Balaban J connectivity index is 2.45. The molecule has 0 radical (unpaired) electrons. The molecule has 1 amide bonds. The number of amides is 1. The molecule has 1 atom stereocenters. The zero-order chi connectivity index (χ0) is 24.0. The number of hydrogen-bond acceptors (Lipinski definition) is 5. The van der Waals surface area contributed by atoms with E-state index >= 15 is 0 Å². The number of para-hydroxylation sites is 1. The fourth-order valence-electron chi connectivity index (χ4n) is 4.25. The van der Waals surface area contributed by atoms with E-state index in [9.17, 15) is 14.7 Å². The minimum atomic E-state index is -0.851. The van der Waals surface area contributed by atoms with Crippen LogP contribution in [0.4, 0.5) is 11.4 Å². The van der Waals surface area contributed by atoms with Crippen molar-refractivity contribution < 1.29 is 14.7 Å². The lowest BCUT2D eigenvalue weighted by atomic mass is 10.0. The molecule has 2 aromatic carbocycles. The molecule has 0 aliphatic heterocycles. The summed E-state index contributed by atoms with van der Waals surface area (Å²) in [5.41, 5.74) is 5.43. The fourth-order valence-corrected chi connectivity index (χ4v) is 4.77. The standard InChI is InChI=1S/C25H33N3O3S/c1-6-8-19(13-23(30)31)27(5)25-17(3)9-7-10-21(25)28(15-29)14-20(26)24-18(4)11-16(2)12-22(24)32/h7,9-12,15,19,26,32H,6,8,13-14H2,1-5H3,(H,30,31). The average molecular weight is 456 g/mol. The highest BCUT2D eigenvalue weighted by atomic mass is 32.1. The van der Waals surface area contributed by atoms with Gasteiger partial charge < -0.3 is 20.3 Å². The Hall–Kier alpha value is -2.80. The maximum absolute atomic E-state index is 12.2. The van der Waals surface area contributed by atoms with Crippen LogP contribution in [0.5, 0.6) is 0 Å². The third kappa shape index (κ3) is 5.91. The highest BCUT2D eigenvalue weighted by molar-refractivity contribution is 7.80. The molecule has 0 aliphatic rings. The van der Waals surface area contributed by atoms with Crippen molar-refractivity contribution in [3.8, 4) is 0 Å². The summed E-state index contributed by atoms with van der Waals surface area (Å²) in [6, 6.07) is 9.38. The monoisotopic (exact) mass is 455 g/mol. The van der Waals surface area contributed by atoms with Gasteiger partial charge >= 0.3 is 5.97 Å². The lowest BCUT2D eigenvalue weighted by Gasteiger charge is -2.34. The molecule has 32 heavy (non-hydrogen) atoms. The molecule has 2 rings (SSSR count). The first kappa shape index (κ1) is 25.5. The highest BCUT2D eigenvalue weighted by Gasteiger charge is 2.24. The summed E-state index contributed by atoms with van der Waals surface area (Å²) in [5.74, 6) is -0.851. The van der Waals surface area contributed by atoms with E-state index < -0.39 is 5.97 Å². The van der Waals surface area contributed by atoms with Crippen molar-refractivity contribution in [3.05, 3.63) is 52.6 Å². The van der Waals surface area contributed by atoms with Crippen molar-refractivity contribution in [2.75, 3.05) is 23.4 Å². The third-order valence-corrected chi connectivity index (χ3v) is 6.03. The SMILES string of the molecule is CCCC(CC(=O)O)N(C)c1c(C)cccc1N(C=O)CC(=N)c1c(C)cc(C)cc1S. The summed E-state index contributed by atoms with van der Waals surface area (Å²) in [5, 5.41) is 18.1. The Morgan fingerprint density at radius 1 is 1.22 bits per heavy atom. The zero-order valence-corrected chi connectivity index (χ0v) is 20.4. The smallest absolute Gasteiger partial charge is 0.305 e. The number of carboxylic acid groups (broad SMARTS) is 1. The number of benzene rings is 2. The van der Waals surface area contributed by atoms with Gasteiger partial charge in [-0.2, -0.15) is 0 Å². The van der Waals surface area contributed by atoms with Crippen molar-refractivity contribution >= 4 is 42.1 Å². The van der Waals surface area contributed by atoms with Crippen molar-refractivity contribution in [2.45, 2.75) is 57.9 Å². The van der Waals surface area contributed by atoms with Crippen LogP contribution in [0.25, 0.3) is 0 Å². The van der Waals surface area contributed by atoms with Crippen molar-refractivity contribution in [3.63, 3.8) is 0 Å². The zero-order valence-electron chi connectivity index (χ0n) is 19.5. The fraction of sp³-hybridized carbons (Fsp3) is 0.400. The first-order chi connectivity index (χ1) is 15.1. The Kier molecular flexibility index (Phi) is 8.89. The molecule has 2 N–H and O–H groups in total. The predicted molar refractivity (Wildman–Crippen MR) is 134 cm³/mol. The quantitative estimate of drug-likeness (QED) is 0.253. The molecule has 2 aromatic rings. The summed E-state index contributed by atoms with van der Waals surface area (Å²) in [6.45, 7) is 7.98. The summed E-state index contributed by atoms with van der Waals surface area (Å²) < 4.78 is 0. The number of rotatable bonds is 11. The summed E-state index contributed by atoms with van der Waals surface area (Å²) >= 11 is 4.56. The van der Waals surface area contributed by atoms with Gasteiger partial charge in [0.25, 0.3) is 0 Å². The van der Waals surface area contributed by atoms with Crippen LogP contribution >= 0.6 is 12.6 Å². The molecule has 0 bridgehead atoms. The Morgan fingerprint density at radius 3 is 2.47 bits per heavy atom. The van der Waals surface area contributed by atoms with Crippen molar-refractivity contribution in [1.82, 2.24) is 0 Å². The van der Waals surface area contributed by atoms with E-state index in [2.05, 4.69) is 12.6 Å². The number of nitrogens with one attached hydrogen (secondary N) is 1. The largest absolute Gasteiger partial charge is 0.481 e. The third-order valence-electron chi connectivity index (χ3n) is 5.67.